The zero-order valence-electron chi connectivity index (χ0n) is 11.3. The molecule has 0 aliphatic rings. The molecule has 2 N–H and O–H groups in total. The topological polar surface area (TPSA) is 51.4 Å². The van der Waals surface area contributed by atoms with Gasteiger partial charge in [0, 0.05) is 38.0 Å². The van der Waals surface area contributed by atoms with Gasteiger partial charge in [0.05, 0.1) is 6.61 Å². The van der Waals surface area contributed by atoms with Gasteiger partial charge in [-0.2, -0.15) is 0 Å². The van der Waals surface area contributed by atoms with E-state index in [1.54, 1.807) is 0 Å². The van der Waals surface area contributed by atoms with Gasteiger partial charge in [0.25, 0.3) is 0 Å². The summed E-state index contributed by atoms with van der Waals surface area (Å²) in [7, 11) is 2.03. The van der Waals surface area contributed by atoms with Crippen molar-refractivity contribution in [1.82, 2.24) is 4.98 Å². The van der Waals surface area contributed by atoms with Gasteiger partial charge < -0.3 is 15.4 Å². The van der Waals surface area contributed by atoms with Crippen molar-refractivity contribution in [3.63, 3.8) is 0 Å². The molecule has 0 fully saturated rings. The van der Waals surface area contributed by atoms with E-state index in [-0.39, 0.29) is 0 Å². The normalized spacial score (nSPS) is 10.6. The fourth-order valence-electron chi connectivity index (χ4n) is 1.86. The number of pyridine rings is 1. The Hall–Kier alpha value is -1.13. The highest BCUT2D eigenvalue weighted by Gasteiger charge is 2.11. The molecule has 1 aromatic heterocycles. The van der Waals surface area contributed by atoms with Crippen LogP contribution in [0, 0.1) is 13.8 Å². The maximum Gasteiger partial charge on any atom is 0.133 e. The van der Waals surface area contributed by atoms with Crippen LogP contribution in [0.25, 0.3) is 0 Å². The average Bonchev–Trinajstić information content (AvgIpc) is 2.28. The standard InChI is InChI=1S/C13H23N3O/c1-5-17-7-6-16(4)13-12(9-14)10(2)8-11(3)15-13/h8H,5-7,9,14H2,1-4H3. The van der Waals surface area contributed by atoms with E-state index in [0.717, 1.165) is 30.2 Å². The monoisotopic (exact) mass is 237 g/mol. The lowest BCUT2D eigenvalue weighted by Gasteiger charge is -2.22. The molecule has 0 unspecified atom stereocenters. The minimum atomic E-state index is 0.521. The van der Waals surface area contributed by atoms with E-state index in [0.29, 0.717) is 13.2 Å². The summed E-state index contributed by atoms with van der Waals surface area (Å²) in [5, 5.41) is 0. The summed E-state index contributed by atoms with van der Waals surface area (Å²) >= 11 is 0. The zero-order chi connectivity index (χ0) is 12.8. The summed E-state index contributed by atoms with van der Waals surface area (Å²) < 4.78 is 5.36. The Balaban J connectivity index is 2.87. The Morgan fingerprint density at radius 1 is 1.41 bits per heavy atom. The lowest BCUT2D eigenvalue weighted by atomic mass is 10.1. The Kier molecular flexibility index (Phi) is 5.38. The lowest BCUT2D eigenvalue weighted by molar-refractivity contribution is 0.154. The van der Waals surface area contributed by atoms with Crippen LogP contribution in [0.3, 0.4) is 0 Å². The third-order valence-corrected chi connectivity index (χ3v) is 2.79. The fourth-order valence-corrected chi connectivity index (χ4v) is 1.86. The van der Waals surface area contributed by atoms with Crippen molar-refractivity contribution in [1.29, 1.82) is 0 Å². The van der Waals surface area contributed by atoms with E-state index in [9.17, 15) is 0 Å². The third kappa shape index (κ3) is 3.68. The molecule has 0 saturated heterocycles. The number of hydrogen-bond donors (Lipinski definition) is 1. The second-order valence-corrected chi connectivity index (χ2v) is 4.21. The number of nitrogens with two attached hydrogens (primary N) is 1. The molecular weight excluding hydrogens is 214 g/mol. The number of ether oxygens (including phenoxy) is 1. The molecule has 0 bridgehead atoms. The van der Waals surface area contributed by atoms with Crippen molar-refractivity contribution in [3.8, 4) is 0 Å². The van der Waals surface area contributed by atoms with Gasteiger partial charge in [-0.15, -0.1) is 0 Å². The minimum absolute atomic E-state index is 0.521. The molecule has 96 valence electrons. The van der Waals surface area contributed by atoms with Crippen LogP contribution in [0.5, 0.6) is 0 Å². The number of hydrogen-bond acceptors (Lipinski definition) is 4. The third-order valence-electron chi connectivity index (χ3n) is 2.79. The summed E-state index contributed by atoms with van der Waals surface area (Å²) in [6.07, 6.45) is 0. The number of likely N-dealkylation sites (N-methyl/N-ethyl adjacent to an activating group) is 1. The van der Waals surface area contributed by atoms with Crippen LogP contribution < -0.4 is 10.6 Å². The summed E-state index contributed by atoms with van der Waals surface area (Å²) in [6.45, 7) is 8.90. The predicted octanol–water partition coefficient (Wildman–Crippen LogP) is 1.63. The molecule has 4 nitrogen and oxygen atoms in total. The number of nitrogens with zero attached hydrogens (tertiary/aromatic N) is 2. The molecule has 4 heteroatoms. The van der Waals surface area contributed by atoms with Crippen LogP contribution in [0.2, 0.25) is 0 Å². The summed E-state index contributed by atoms with van der Waals surface area (Å²) in [5.74, 6) is 0.977. The maximum absolute atomic E-state index is 5.80. The molecule has 1 rings (SSSR count). The highest BCUT2D eigenvalue weighted by Crippen LogP contribution is 2.20. The lowest BCUT2D eigenvalue weighted by Crippen LogP contribution is -2.26. The van der Waals surface area contributed by atoms with E-state index < -0.39 is 0 Å². The molecule has 0 aliphatic carbocycles. The molecule has 1 heterocycles. The largest absolute Gasteiger partial charge is 0.380 e. The van der Waals surface area contributed by atoms with Crippen molar-refractivity contribution in [2.75, 3.05) is 31.7 Å². The minimum Gasteiger partial charge on any atom is -0.380 e. The van der Waals surface area contributed by atoms with Gasteiger partial charge in [0.15, 0.2) is 0 Å². The molecular formula is C13H23N3O. The zero-order valence-corrected chi connectivity index (χ0v) is 11.3. The maximum atomic E-state index is 5.80. The van der Waals surface area contributed by atoms with Crippen LogP contribution >= 0.6 is 0 Å². The van der Waals surface area contributed by atoms with Crippen molar-refractivity contribution in [2.24, 2.45) is 5.73 Å². The molecule has 0 aromatic carbocycles. The van der Waals surface area contributed by atoms with Gasteiger partial charge >= 0.3 is 0 Å². The van der Waals surface area contributed by atoms with Gasteiger partial charge in [-0.3, -0.25) is 0 Å². The smallest absolute Gasteiger partial charge is 0.133 e. The second-order valence-electron chi connectivity index (χ2n) is 4.21. The van der Waals surface area contributed by atoms with Crippen molar-refractivity contribution in [3.05, 3.63) is 22.9 Å². The number of rotatable bonds is 6. The predicted molar refractivity (Wildman–Crippen MR) is 71.4 cm³/mol. The summed E-state index contributed by atoms with van der Waals surface area (Å²) in [4.78, 5) is 6.68. The molecule has 0 saturated carbocycles. The molecule has 0 radical (unpaired) electrons. The van der Waals surface area contributed by atoms with E-state index >= 15 is 0 Å². The first-order chi connectivity index (χ1) is 8.10. The molecule has 1 aromatic rings. The molecule has 0 atom stereocenters. The summed E-state index contributed by atoms with van der Waals surface area (Å²) in [6, 6.07) is 2.07. The van der Waals surface area contributed by atoms with Crippen molar-refractivity contribution in [2.45, 2.75) is 27.3 Å². The van der Waals surface area contributed by atoms with E-state index in [2.05, 4.69) is 22.9 Å². The SMILES string of the molecule is CCOCCN(C)c1nc(C)cc(C)c1CN. The Labute approximate surface area is 104 Å². The van der Waals surface area contributed by atoms with Gasteiger partial charge in [0.2, 0.25) is 0 Å². The van der Waals surface area contributed by atoms with E-state index in [1.807, 2.05) is 20.9 Å². The highest BCUT2D eigenvalue weighted by molar-refractivity contribution is 5.51. The Morgan fingerprint density at radius 2 is 2.12 bits per heavy atom. The molecule has 0 amide bonds. The Morgan fingerprint density at radius 3 is 2.71 bits per heavy atom. The first-order valence-electron chi connectivity index (χ1n) is 6.06. The van der Waals surface area contributed by atoms with Gasteiger partial charge in [0.1, 0.15) is 5.82 Å². The van der Waals surface area contributed by atoms with E-state index in [4.69, 9.17) is 10.5 Å². The van der Waals surface area contributed by atoms with Crippen LogP contribution in [0.1, 0.15) is 23.7 Å². The van der Waals surface area contributed by atoms with Crippen molar-refractivity contribution < 1.29 is 4.74 Å². The average molecular weight is 237 g/mol. The molecule has 0 aliphatic heterocycles. The van der Waals surface area contributed by atoms with Gasteiger partial charge in [-0.1, -0.05) is 0 Å². The van der Waals surface area contributed by atoms with Gasteiger partial charge in [-0.05, 0) is 32.4 Å². The van der Waals surface area contributed by atoms with Crippen LogP contribution in [-0.2, 0) is 11.3 Å². The number of aromatic nitrogens is 1. The van der Waals surface area contributed by atoms with Crippen molar-refractivity contribution >= 4 is 5.82 Å². The summed E-state index contributed by atoms with van der Waals surface area (Å²) in [5.41, 5.74) is 9.15. The van der Waals surface area contributed by atoms with Crippen LogP contribution in [0.15, 0.2) is 6.07 Å². The van der Waals surface area contributed by atoms with Crippen LogP contribution in [-0.4, -0.2) is 31.8 Å². The molecule has 17 heavy (non-hydrogen) atoms. The number of anilines is 1. The highest BCUT2D eigenvalue weighted by atomic mass is 16.5. The van der Waals surface area contributed by atoms with Gasteiger partial charge in [-0.25, -0.2) is 4.98 Å². The first kappa shape index (κ1) is 13.9. The van der Waals surface area contributed by atoms with E-state index in [1.165, 1.54) is 5.56 Å². The molecule has 0 spiro atoms. The second kappa shape index (κ2) is 6.57. The number of aryl methyl sites for hydroxylation is 2. The quantitative estimate of drug-likeness (QED) is 0.764. The van der Waals surface area contributed by atoms with Crippen LogP contribution in [0.4, 0.5) is 5.82 Å². The Bertz CT molecular complexity index is 366. The first-order valence-corrected chi connectivity index (χ1v) is 6.06. The fraction of sp³-hybridized carbons (Fsp3) is 0.615.